The molecule has 226 valence electrons. The highest BCUT2D eigenvalue weighted by Gasteiger charge is 2.22. The molecule has 0 fully saturated rings. The molecular formula is C44H24N4O. The monoisotopic (exact) mass is 624 g/mol. The van der Waals surface area contributed by atoms with E-state index in [2.05, 4.69) is 100 Å². The number of furan rings is 1. The van der Waals surface area contributed by atoms with Crippen molar-refractivity contribution in [2.24, 2.45) is 0 Å². The molecule has 0 atom stereocenters. The number of nitriles is 2. The molecule has 0 saturated heterocycles. The lowest BCUT2D eigenvalue weighted by atomic mass is 9.97. The van der Waals surface area contributed by atoms with Gasteiger partial charge in [0.25, 0.3) is 0 Å². The molecule has 0 saturated carbocycles. The number of hydrogen-bond acceptors (Lipinski definition) is 3. The minimum atomic E-state index is 0.566. The zero-order chi connectivity index (χ0) is 32.6. The van der Waals surface area contributed by atoms with Crippen molar-refractivity contribution in [3.05, 3.63) is 157 Å². The van der Waals surface area contributed by atoms with E-state index in [9.17, 15) is 10.5 Å². The molecule has 0 bridgehead atoms. The van der Waals surface area contributed by atoms with Gasteiger partial charge >= 0.3 is 0 Å². The minimum absolute atomic E-state index is 0.566. The van der Waals surface area contributed by atoms with Gasteiger partial charge in [-0.3, -0.25) is 0 Å². The molecule has 10 aromatic rings. The van der Waals surface area contributed by atoms with Crippen LogP contribution in [0, 0.1) is 22.7 Å². The lowest BCUT2D eigenvalue weighted by molar-refractivity contribution is 0.673. The fraction of sp³-hybridized carbons (Fsp3) is 0. The minimum Gasteiger partial charge on any atom is -0.455 e. The Balaban J connectivity index is 1.32. The molecule has 0 spiro atoms. The number of para-hydroxylation sites is 4. The van der Waals surface area contributed by atoms with Crippen molar-refractivity contribution in [2.75, 3.05) is 0 Å². The Morgan fingerprint density at radius 1 is 0.490 bits per heavy atom. The van der Waals surface area contributed by atoms with E-state index in [4.69, 9.17) is 4.42 Å². The van der Waals surface area contributed by atoms with Crippen LogP contribution in [0.1, 0.15) is 11.1 Å². The van der Waals surface area contributed by atoms with Gasteiger partial charge in [0.1, 0.15) is 17.2 Å². The molecular weight excluding hydrogens is 601 g/mol. The van der Waals surface area contributed by atoms with Crippen LogP contribution in [-0.2, 0) is 0 Å². The average Bonchev–Trinajstić information content (AvgIpc) is 3.81. The van der Waals surface area contributed by atoms with Crippen molar-refractivity contribution in [3.8, 4) is 34.6 Å². The second kappa shape index (κ2) is 10.2. The molecule has 0 aliphatic heterocycles. The second-order valence-electron chi connectivity index (χ2n) is 12.3. The Hall–Kier alpha value is -7.08. The van der Waals surface area contributed by atoms with Crippen LogP contribution in [0.25, 0.3) is 88.1 Å². The molecule has 5 nitrogen and oxygen atoms in total. The Morgan fingerprint density at radius 3 is 2.08 bits per heavy atom. The third-order valence-electron chi connectivity index (χ3n) is 9.78. The van der Waals surface area contributed by atoms with Crippen LogP contribution in [0.5, 0.6) is 0 Å². The van der Waals surface area contributed by atoms with Gasteiger partial charge in [0.2, 0.25) is 0 Å². The van der Waals surface area contributed by atoms with Crippen molar-refractivity contribution in [3.63, 3.8) is 0 Å². The van der Waals surface area contributed by atoms with Crippen molar-refractivity contribution in [2.45, 2.75) is 0 Å². The van der Waals surface area contributed by atoms with E-state index >= 15 is 0 Å². The number of rotatable bonds is 3. The molecule has 0 unspecified atom stereocenters. The van der Waals surface area contributed by atoms with E-state index in [-0.39, 0.29) is 0 Å². The lowest BCUT2D eigenvalue weighted by Gasteiger charge is -2.16. The summed E-state index contributed by atoms with van der Waals surface area (Å²) >= 11 is 0. The van der Waals surface area contributed by atoms with Crippen LogP contribution >= 0.6 is 0 Å². The Labute approximate surface area is 280 Å². The van der Waals surface area contributed by atoms with E-state index in [0.29, 0.717) is 11.1 Å². The van der Waals surface area contributed by atoms with Crippen LogP contribution in [0.2, 0.25) is 0 Å². The predicted octanol–water partition coefficient (Wildman–Crippen LogP) is 11.2. The summed E-state index contributed by atoms with van der Waals surface area (Å²) in [4.78, 5) is 0. The van der Waals surface area contributed by atoms with Crippen molar-refractivity contribution < 1.29 is 4.42 Å². The molecule has 0 amide bonds. The Morgan fingerprint density at radius 2 is 1.22 bits per heavy atom. The van der Waals surface area contributed by atoms with Crippen LogP contribution < -0.4 is 0 Å². The van der Waals surface area contributed by atoms with Gasteiger partial charge in [0, 0.05) is 38.2 Å². The Kier molecular flexibility index (Phi) is 5.64. The second-order valence-corrected chi connectivity index (χ2v) is 12.3. The van der Waals surface area contributed by atoms with E-state index in [0.717, 1.165) is 88.1 Å². The Bertz CT molecular complexity index is 3070. The maximum atomic E-state index is 10.5. The summed E-state index contributed by atoms with van der Waals surface area (Å²) in [5.74, 6) is 0. The first-order valence-electron chi connectivity index (χ1n) is 16.1. The van der Waals surface area contributed by atoms with Gasteiger partial charge in [0.05, 0.1) is 50.3 Å². The molecule has 0 aliphatic carbocycles. The van der Waals surface area contributed by atoms with E-state index in [1.54, 1.807) is 0 Å². The molecule has 3 heterocycles. The molecule has 49 heavy (non-hydrogen) atoms. The van der Waals surface area contributed by atoms with Gasteiger partial charge in [-0.25, -0.2) is 0 Å². The first kappa shape index (κ1) is 27.1. The molecule has 10 rings (SSSR count). The maximum absolute atomic E-state index is 10.5. The number of benzene rings is 7. The molecule has 0 N–H and O–H groups in total. The smallest absolute Gasteiger partial charge is 0.145 e. The van der Waals surface area contributed by atoms with Crippen LogP contribution in [-0.4, -0.2) is 9.13 Å². The molecule has 3 aromatic heterocycles. The summed E-state index contributed by atoms with van der Waals surface area (Å²) in [6, 6.07) is 54.2. The molecule has 5 heteroatoms. The van der Waals surface area contributed by atoms with Gasteiger partial charge in [-0.1, -0.05) is 72.8 Å². The fourth-order valence-electron chi connectivity index (χ4n) is 7.70. The third kappa shape index (κ3) is 3.79. The largest absolute Gasteiger partial charge is 0.455 e. The zero-order valence-electron chi connectivity index (χ0n) is 26.1. The molecule has 0 aliphatic rings. The third-order valence-corrected chi connectivity index (χ3v) is 9.78. The van der Waals surface area contributed by atoms with Gasteiger partial charge in [-0.15, -0.1) is 0 Å². The molecule has 7 aromatic carbocycles. The fourth-order valence-corrected chi connectivity index (χ4v) is 7.70. The number of hydrogen-bond donors (Lipinski definition) is 0. The predicted molar refractivity (Wildman–Crippen MR) is 197 cm³/mol. The van der Waals surface area contributed by atoms with Crippen molar-refractivity contribution in [1.29, 1.82) is 10.5 Å². The van der Waals surface area contributed by atoms with Gasteiger partial charge in [-0.05, 0) is 78.4 Å². The van der Waals surface area contributed by atoms with Crippen LogP contribution in [0.4, 0.5) is 0 Å². The summed E-state index contributed by atoms with van der Waals surface area (Å²) in [6.45, 7) is 0. The van der Waals surface area contributed by atoms with E-state index < -0.39 is 0 Å². The summed E-state index contributed by atoms with van der Waals surface area (Å²) < 4.78 is 11.1. The quantitative estimate of drug-likeness (QED) is 0.196. The van der Waals surface area contributed by atoms with Crippen molar-refractivity contribution in [1.82, 2.24) is 9.13 Å². The van der Waals surface area contributed by atoms with Gasteiger partial charge < -0.3 is 13.6 Å². The molecule has 0 radical (unpaired) electrons. The number of fused-ring (bicyclic) bond motifs is 10. The highest BCUT2D eigenvalue weighted by molar-refractivity contribution is 6.24. The summed E-state index contributed by atoms with van der Waals surface area (Å²) in [7, 11) is 0. The first-order valence-corrected chi connectivity index (χ1v) is 16.1. The van der Waals surface area contributed by atoms with E-state index in [1.807, 2.05) is 66.7 Å². The standard InChI is InChI=1S/C44H24N4O/c45-25-27-17-20-38-35(23-27)32-12-4-6-15-37(32)48(38)43-29(26-46)9-8-14-31(43)28-18-21-39-36(24-28)42-40(47(39)30-10-2-1-3-11-30)22-19-34-33-13-5-7-16-41(33)49-44(34)42/h1-24H. The lowest BCUT2D eigenvalue weighted by Crippen LogP contribution is -2.01. The van der Waals surface area contributed by atoms with Crippen LogP contribution in [0.3, 0.4) is 0 Å². The summed E-state index contributed by atoms with van der Waals surface area (Å²) in [5, 5.41) is 26.5. The normalized spacial score (nSPS) is 11.6. The topological polar surface area (TPSA) is 70.6 Å². The van der Waals surface area contributed by atoms with Gasteiger partial charge in [-0.2, -0.15) is 10.5 Å². The number of nitrogens with zero attached hydrogens (tertiary/aromatic N) is 4. The van der Waals surface area contributed by atoms with Crippen LogP contribution in [0.15, 0.2) is 150 Å². The first-order chi connectivity index (χ1) is 24.2. The van der Waals surface area contributed by atoms with E-state index in [1.165, 1.54) is 0 Å². The zero-order valence-corrected chi connectivity index (χ0v) is 26.1. The maximum Gasteiger partial charge on any atom is 0.145 e. The SMILES string of the molecule is N#Cc1ccc2c(c1)c1ccccc1n2-c1c(C#N)cccc1-c1ccc2c(c1)c1c3oc4ccccc4c3ccc1n2-c1ccccc1. The average molecular weight is 625 g/mol. The highest BCUT2D eigenvalue weighted by atomic mass is 16.3. The highest BCUT2D eigenvalue weighted by Crippen LogP contribution is 2.43. The summed E-state index contributed by atoms with van der Waals surface area (Å²) in [5.41, 5.74) is 10.7. The van der Waals surface area contributed by atoms with Crippen molar-refractivity contribution >= 4 is 65.6 Å². The van der Waals surface area contributed by atoms with Gasteiger partial charge in [0.15, 0.2) is 0 Å². The number of aromatic nitrogens is 2. The summed E-state index contributed by atoms with van der Waals surface area (Å²) in [6.07, 6.45) is 0.